The van der Waals surface area contributed by atoms with E-state index < -0.39 is 0 Å². The summed E-state index contributed by atoms with van der Waals surface area (Å²) in [6.07, 6.45) is 0. The van der Waals surface area contributed by atoms with Gasteiger partial charge in [-0.05, 0) is 43.4 Å². The minimum Gasteiger partial charge on any atom is -0.497 e. The monoisotopic (exact) mass is 290 g/mol. The molecule has 0 atom stereocenters. The normalized spacial score (nSPS) is 10.2. The third-order valence-corrected chi connectivity index (χ3v) is 3.27. The highest BCUT2D eigenvalue weighted by Crippen LogP contribution is 2.17. The van der Waals surface area contributed by atoms with Crippen LogP contribution in [0.15, 0.2) is 40.8 Å². The van der Waals surface area contributed by atoms with Crippen LogP contribution in [0.2, 0.25) is 0 Å². The summed E-state index contributed by atoms with van der Waals surface area (Å²) in [5, 5.41) is 3.81. The van der Waals surface area contributed by atoms with Gasteiger partial charge in [-0.1, -0.05) is 6.07 Å². The summed E-state index contributed by atoms with van der Waals surface area (Å²) in [7, 11) is 3.57. The van der Waals surface area contributed by atoms with E-state index in [0.717, 1.165) is 23.0 Å². The average molecular weight is 290 g/mol. The highest BCUT2D eigenvalue weighted by atomic mass is 32.1. The van der Waals surface area contributed by atoms with Crippen molar-refractivity contribution in [1.29, 1.82) is 0 Å². The molecule has 0 unspecified atom stereocenters. The molecule has 0 radical (unpaired) electrons. The minimum absolute atomic E-state index is 0.629. The van der Waals surface area contributed by atoms with E-state index in [-0.39, 0.29) is 0 Å². The summed E-state index contributed by atoms with van der Waals surface area (Å²) in [5.41, 5.74) is 0.900. The Labute approximate surface area is 124 Å². The number of methoxy groups -OCH3 is 1. The van der Waals surface area contributed by atoms with Gasteiger partial charge in [0.05, 0.1) is 13.7 Å². The van der Waals surface area contributed by atoms with Crippen LogP contribution >= 0.6 is 12.2 Å². The fourth-order valence-corrected chi connectivity index (χ4v) is 1.98. The van der Waals surface area contributed by atoms with Crippen molar-refractivity contribution in [3.8, 4) is 5.75 Å². The molecule has 4 nitrogen and oxygen atoms in total. The Morgan fingerprint density at radius 2 is 2.15 bits per heavy atom. The first-order valence-electron chi connectivity index (χ1n) is 6.30. The van der Waals surface area contributed by atoms with E-state index in [9.17, 15) is 0 Å². The average Bonchev–Trinajstić information content (AvgIpc) is 2.84. The summed E-state index contributed by atoms with van der Waals surface area (Å²) in [6, 6.07) is 11.6. The molecule has 0 spiro atoms. The Bertz CT molecular complexity index is 595. The first kappa shape index (κ1) is 14.4. The molecule has 0 aliphatic heterocycles. The Kier molecular flexibility index (Phi) is 4.63. The van der Waals surface area contributed by atoms with Gasteiger partial charge in [0.25, 0.3) is 0 Å². The van der Waals surface area contributed by atoms with Gasteiger partial charge < -0.3 is 19.4 Å². The van der Waals surface area contributed by atoms with Crippen LogP contribution < -0.4 is 10.1 Å². The standard InChI is InChI=1S/C15H18N2O2S/c1-11-7-8-14(19-11)10-17(2)15(20)16-12-5-4-6-13(9-12)18-3/h4-9H,10H2,1-3H3,(H,16,20). The maximum Gasteiger partial charge on any atom is 0.173 e. The second-order valence-electron chi connectivity index (χ2n) is 4.53. The number of hydrogen-bond acceptors (Lipinski definition) is 3. The lowest BCUT2D eigenvalue weighted by atomic mass is 10.3. The van der Waals surface area contributed by atoms with Crippen LogP contribution in [0.4, 0.5) is 5.69 Å². The summed E-state index contributed by atoms with van der Waals surface area (Å²) in [6.45, 7) is 2.56. The highest BCUT2D eigenvalue weighted by Gasteiger charge is 2.08. The smallest absolute Gasteiger partial charge is 0.173 e. The number of hydrogen-bond donors (Lipinski definition) is 1. The van der Waals surface area contributed by atoms with Crippen LogP contribution in [-0.4, -0.2) is 24.2 Å². The molecule has 0 bridgehead atoms. The van der Waals surface area contributed by atoms with E-state index in [1.54, 1.807) is 7.11 Å². The molecule has 2 rings (SSSR count). The molecule has 0 aliphatic rings. The Hall–Kier alpha value is -2.01. The lowest BCUT2D eigenvalue weighted by molar-refractivity contribution is 0.403. The zero-order valence-corrected chi connectivity index (χ0v) is 12.7. The second kappa shape index (κ2) is 6.43. The number of thiocarbonyl (C=S) groups is 1. The van der Waals surface area contributed by atoms with Gasteiger partial charge in [-0.25, -0.2) is 0 Å². The third kappa shape index (κ3) is 3.74. The second-order valence-corrected chi connectivity index (χ2v) is 4.92. The number of benzene rings is 1. The van der Waals surface area contributed by atoms with E-state index in [2.05, 4.69) is 5.32 Å². The molecule has 0 saturated carbocycles. The van der Waals surface area contributed by atoms with E-state index >= 15 is 0 Å². The summed E-state index contributed by atoms with van der Waals surface area (Å²) in [5.74, 6) is 2.59. The quantitative estimate of drug-likeness (QED) is 0.873. The Balaban J connectivity index is 1.96. The van der Waals surface area contributed by atoms with Crippen molar-refractivity contribution >= 4 is 23.0 Å². The zero-order valence-electron chi connectivity index (χ0n) is 11.8. The van der Waals surface area contributed by atoms with Gasteiger partial charge in [0.15, 0.2) is 5.11 Å². The predicted molar refractivity (Wildman–Crippen MR) is 84.1 cm³/mol. The molecule has 1 aromatic carbocycles. The van der Waals surface area contributed by atoms with Gasteiger partial charge in [0, 0.05) is 18.8 Å². The molecule has 2 aromatic rings. The van der Waals surface area contributed by atoms with Gasteiger partial charge in [-0.15, -0.1) is 0 Å². The van der Waals surface area contributed by atoms with Crippen molar-refractivity contribution in [2.24, 2.45) is 0 Å². The van der Waals surface area contributed by atoms with Crippen molar-refractivity contribution in [3.63, 3.8) is 0 Å². The van der Waals surface area contributed by atoms with Crippen LogP contribution in [-0.2, 0) is 6.54 Å². The van der Waals surface area contributed by atoms with Crippen LogP contribution in [0, 0.1) is 6.92 Å². The Morgan fingerprint density at radius 3 is 2.80 bits per heavy atom. The first-order chi connectivity index (χ1) is 9.58. The summed E-state index contributed by atoms with van der Waals surface area (Å²) in [4.78, 5) is 1.92. The molecule has 1 N–H and O–H groups in total. The largest absolute Gasteiger partial charge is 0.497 e. The molecule has 106 valence electrons. The fourth-order valence-electron chi connectivity index (χ4n) is 1.80. The molecule has 1 heterocycles. The van der Waals surface area contributed by atoms with Crippen molar-refractivity contribution in [1.82, 2.24) is 4.90 Å². The molecule has 0 saturated heterocycles. The lowest BCUT2D eigenvalue weighted by Gasteiger charge is -2.20. The first-order valence-corrected chi connectivity index (χ1v) is 6.71. The minimum atomic E-state index is 0.629. The van der Waals surface area contributed by atoms with E-state index in [4.69, 9.17) is 21.4 Å². The van der Waals surface area contributed by atoms with Gasteiger partial charge in [-0.2, -0.15) is 0 Å². The van der Waals surface area contributed by atoms with Crippen LogP contribution in [0.1, 0.15) is 11.5 Å². The maximum absolute atomic E-state index is 5.54. The lowest BCUT2D eigenvalue weighted by Crippen LogP contribution is -2.30. The number of ether oxygens (including phenoxy) is 1. The highest BCUT2D eigenvalue weighted by molar-refractivity contribution is 7.80. The number of aryl methyl sites for hydroxylation is 1. The number of anilines is 1. The topological polar surface area (TPSA) is 37.6 Å². The van der Waals surface area contributed by atoms with Crippen molar-refractivity contribution in [3.05, 3.63) is 47.9 Å². The summed E-state index contributed by atoms with van der Waals surface area (Å²) >= 11 is 5.38. The van der Waals surface area contributed by atoms with Crippen LogP contribution in [0.3, 0.4) is 0 Å². The van der Waals surface area contributed by atoms with Gasteiger partial charge in [0.2, 0.25) is 0 Å². The molecule has 0 fully saturated rings. The Morgan fingerprint density at radius 1 is 1.35 bits per heavy atom. The maximum atomic E-state index is 5.54. The molecular weight excluding hydrogens is 272 g/mol. The van der Waals surface area contributed by atoms with E-state index in [1.165, 1.54) is 0 Å². The molecule has 20 heavy (non-hydrogen) atoms. The molecule has 1 aromatic heterocycles. The van der Waals surface area contributed by atoms with Crippen molar-refractivity contribution in [2.75, 3.05) is 19.5 Å². The van der Waals surface area contributed by atoms with Gasteiger partial charge in [-0.3, -0.25) is 0 Å². The SMILES string of the molecule is COc1cccc(NC(=S)N(C)Cc2ccc(C)o2)c1. The number of nitrogens with one attached hydrogen (secondary N) is 1. The molecule has 0 aliphatic carbocycles. The number of rotatable bonds is 4. The molecule has 0 amide bonds. The number of nitrogens with zero attached hydrogens (tertiary/aromatic N) is 1. The van der Waals surface area contributed by atoms with Crippen molar-refractivity contribution in [2.45, 2.75) is 13.5 Å². The molecule has 5 heteroatoms. The fraction of sp³-hybridized carbons (Fsp3) is 0.267. The molecular formula is C15H18N2O2S. The van der Waals surface area contributed by atoms with Crippen LogP contribution in [0.5, 0.6) is 5.75 Å². The third-order valence-electron chi connectivity index (χ3n) is 2.86. The predicted octanol–water partition coefficient (Wildman–Crippen LogP) is 3.43. The van der Waals surface area contributed by atoms with Gasteiger partial charge in [0.1, 0.15) is 17.3 Å². The van der Waals surface area contributed by atoms with Crippen LogP contribution in [0.25, 0.3) is 0 Å². The van der Waals surface area contributed by atoms with E-state index in [0.29, 0.717) is 11.7 Å². The summed E-state index contributed by atoms with van der Waals surface area (Å²) < 4.78 is 10.7. The van der Waals surface area contributed by atoms with Crippen molar-refractivity contribution < 1.29 is 9.15 Å². The number of furan rings is 1. The van der Waals surface area contributed by atoms with E-state index in [1.807, 2.05) is 55.3 Å². The van der Waals surface area contributed by atoms with Gasteiger partial charge >= 0.3 is 0 Å². The zero-order chi connectivity index (χ0) is 14.5.